The van der Waals surface area contributed by atoms with Gasteiger partial charge < -0.3 is 14.9 Å². The van der Waals surface area contributed by atoms with Crippen molar-refractivity contribution >= 4 is 5.97 Å². The highest BCUT2D eigenvalue weighted by Crippen LogP contribution is 2.02. The van der Waals surface area contributed by atoms with E-state index in [0.29, 0.717) is 6.54 Å². The van der Waals surface area contributed by atoms with Gasteiger partial charge in [-0.05, 0) is 13.0 Å². The smallest absolute Gasteiger partial charge is 0.304 e. The van der Waals surface area contributed by atoms with Crippen LogP contribution in [0, 0.1) is 0 Å². The number of hydrogen-bond donors (Lipinski definition) is 1. The number of nitrogens with zero attached hydrogens (tertiary/aromatic N) is 2. The first-order valence-electron chi connectivity index (χ1n) is 7.39. The highest BCUT2D eigenvalue weighted by Gasteiger charge is 2.16. The third-order valence-corrected chi connectivity index (χ3v) is 2.65. The lowest BCUT2D eigenvalue weighted by Gasteiger charge is -2.34. The number of carbonyl (C=O) groups is 1. The number of carboxylic acid groups (broad SMARTS) is 1. The van der Waals surface area contributed by atoms with Crippen LogP contribution in [-0.4, -0.2) is 60.1 Å². The molecule has 1 rings (SSSR count). The molecule has 0 aromatic rings. The zero-order valence-electron chi connectivity index (χ0n) is 12.9. The average Bonchev–Trinajstić information content (AvgIpc) is 2.43. The molecule has 0 unspecified atom stereocenters. The van der Waals surface area contributed by atoms with Crippen LogP contribution in [0.25, 0.3) is 0 Å². The van der Waals surface area contributed by atoms with Crippen molar-refractivity contribution in [2.75, 3.05) is 39.3 Å². The standard InChI is InChI=1S/C10H20N2O2.2C2H6/c1-2-4-11-6-8-12(9-7-11)5-3-10(13)14;2*1-2/h2-9H2,1H3,(H,13,14);2*1-2H3. The average molecular weight is 260 g/mol. The van der Waals surface area contributed by atoms with Crippen molar-refractivity contribution in [3.8, 4) is 0 Å². The van der Waals surface area contributed by atoms with Gasteiger partial charge in [0.15, 0.2) is 0 Å². The molecule has 0 aromatic carbocycles. The molecule has 0 bridgehead atoms. The maximum atomic E-state index is 10.4. The Morgan fingerprint density at radius 1 is 0.944 bits per heavy atom. The molecule has 1 fully saturated rings. The van der Waals surface area contributed by atoms with Gasteiger partial charge in [0.05, 0.1) is 6.42 Å². The van der Waals surface area contributed by atoms with E-state index < -0.39 is 5.97 Å². The summed E-state index contributed by atoms with van der Waals surface area (Å²) in [4.78, 5) is 15.0. The molecule has 1 aliphatic rings. The molecule has 0 atom stereocenters. The van der Waals surface area contributed by atoms with Crippen LogP contribution in [0.5, 0.6) is 0 Å². The maximum absolute atomic E-state index is 10.4. The summed E-state index contributed by atoms with van der Waals surface area (Å²) >= 11 is 0. The van der Waals surface area contributed by atoms with Crippen molar-refractivity contribution in [3.05, 3.63) is 0 Å². The number of carboxylic acids is 1. The molecule has 18 heavy (non-hydrogen) atoms. The molecule has 0 amide bonds. The fraction of sp³-hybridized carbons (Fsp3) is 0.929. The zero-order valence-corrected chi connectivity index (χ0v) is 12.9. The SMILES string of the molecule is CC.CC.CCCN1CCN(CCC(=O)O)CC1. The molecule has 110 valence electrons. The molecule has 4 heteroatoms. The van der Waals surface area contributed by atoms with E-state index in [9.17, 15) is 4.79 Å². The van der Waals surface area contributed by atoms with Crippen molar-refractivity contribution < 1.29 is 9.90 Å². The molecule has 0 saturated carbocycles. The molecule has 0 aliphatic carbocycles. The summed E-state index contributed by atoms with van der Waals surface area (Å²) in [6, 6.07) is 0. The molecule has 0 aromatic heterocycles. The quantitative estimate of drug-likeness (QED) is 0.825. The van der Waals surface area contributed by atoms with Gasteiger partial charge in [-0.3, -0.25) is 4.79 Å². The van der Waals surface area contributed by atoms with Gasteiger partial charge in [-0.1, -0.05) is 34.6 Å². The number of hydrogen-bond acceptors (Lipinski definition) is 3. The van der Waals surface area contributed by atoms with Gasteiger partial charge in [0.25, 0.3) is 0 Å². The van der Waals surface area contributed by atoms with Crippen LogP contribution in [-0.2, 0) is 4.79 Å². The molecule has 4 nitrogen and oxygen atoms in total. The Kier molecular flexibility index (Phi) is 15.8. The van der Waals surface area contributed by atoms with Crippen molar-refractivity contribution in [2.45, 2.75) is 47.5 Å². The fourth-order valence-electron chi connectivity index (χ4n) is 1.81. The molecular formula is C14H32N2O2. The third kappa shape index (κ3) is 10.5. The summed E-state index contributed by atoms with van der Waals surface area (Å²) in [5, 5.41) is 8.54. The van der Waals surface area contributed by atoms with Crippen LogP contribution in [0.2, 0.25) is 0 Å². The van der Waals surface area contributed by atoms with Gasteiger partial charge in [0.2, 0.25) is 0 Å². The lowest BCUT2D eigenvalue weighted by molar-refractivity contribution is -0.137. The van der Waals surface area contributed by atoms with Crippen molar-refractivity contribution in [1.82, 2.24) is 9.80 Å². The second-order valence-corrected chi connectivity index (χ2v) is 3.83. The second kappa shape index (κ2) is 14.5. The maximum Gasteiger partial charge on any atom is 0.304 e. The number of aliphatic carboxylic acids is 1. The molecule has 1 saturated heterocycles. The first-order valence-corrected chi connectivity index (χ1v) is 7.39. The second-order valence-electron chi connectivity index (χ2n) is 3.83. The van der Waals surface area contributed by atoms with Gasteiger partial charge in [0.1, 0.15) is 0 Å². The van der Waals surface area contributed by atoms with Crippen LogP contribution < -0.4 is 0 Å². The Morgan fingerprint density at radius 2 is 1.33 bits per heavy atom. The Labute approximate surface area is 113 Å². The highest BCUT2D eigenvalue weighted by molar-refractivity contribution is 5.66. The predicted octanol–water partition coefficient (Wildman–Crippen LogP) is 2.54. The Hall–Kier alpha value is -0.610. The van der Waals surface area contributed by atoms with Crippen molar-refractivity contribution in [2.24, 2.45) is 0 Å². The predicted molar refractivity (Wildman–Crippen MR) is 78.1 cm³/mol. The minimum atomic E-state index is -0.694. The van der Waals surface area contributed by atoms with Crippen LogP contribution in [0.15, 0.2) is 0 Å². The highest BCUT2D eigenvalue weighted by atomic mass is 16.4. The van der Waals surface area contributed by atoms with E-state index in [2.05, 4.69) is 16.7 Å². The fourth-order valence-corrected chi connectivity index (χ4v) is 1.81. The molecule has 1 heterocycles. The van der Waals surface area contributed by atoms with E-state index in [4.69, 9.17) is 5.11 Å². The van der Waals surface area contributed by atoms with Crippen LogP contribution in [0.4, 0.5) is 0 Å². The molecule has 1 N–H and O–H groups in total. The molecule has 1 aliphatic heterocycles. The van der Waals surface area contributed by atoms with Gasteiger partial charge in [-0.2, -0.15) is 0 Å². The summed E-state index contributed by atoms with van der Waals surface area (Å²) in [6.07, 6.45) is 1.48. The normalized spacial score (nSPS) is 16.1. The Morgan fingerprint density at radius 3 is 1.67 bits per heavy atom. The van der Waals surface area contributed by atoms with Crippen LogP contribution in [0.1, 0.15) is 47.5 Å². The van der Waals surface area contributed by atoms with E-state index in [1.165, 1.54) is 13.0 Å². The Balaban J connectivity index is 0. The monoisotopic (exact) mass is 260 g/mol. The van der Waals surface area contributed by atoms with Gasteiger partial charge in [-0.15, -0.1) is 0 Å². The molecule has 0 radical (unpaired) electrons. The molecular weight excluding hydrogens is 228 g/mol. The van der Waals surface area contributed by atoms with Gasteiger partial charge in [-0.25, -0.2) is 0 Å². The lowest BCUT2D eigenvalue weighted by Crippen LogP contribution is -2.46. The summed E-state index contributed by atoms with van der Waals surface area (Å²) in [6.45, 7) is 16.3. The number of rotatable bonds is 5. The number of piperazine rings is 1. The van der Waals surface area contributed by atoms with Crippen molar-refractivity contribution in [1.29, 1.82) is 0 Å². The van der Waals surface area contributed by atoms with Crippen LogP contribution in [0.3, 0.4) is 0 Å². The first-order chi connectivity index (χ1) is 8.72. The van der Waals surface area contributed by atoms with Gasteiger partial charge >= 0.3 is 5.97 Å². The summed E-state index contributed by atoms with van der Waals surface area (Å²) < 4.78 is 0. The van der Waals surface area contributed by atoms with Gasteiger partial charge in [0, 0.05) is 32.7 Å². The van der Waals surface area contributed by atoms with E-state index in [-0.39, 0.29) is 6.42 Å². The zero-order chi connectivity index (χ0) is 14.4. The molecule has 0 spiro atoms. The Bertz CT molecular complexity index is 179. The van der Waals surface area contributed by atoms with Crippen LogP contribution >= 0.6 is 0 Å². The summed E-state index contributed by atoms with van der Waals surface area (Å²) in [7, 11) is 0. The summed E-state index contributed by atoms with van der Waals surface area (Å²) in [5.74, 6) is -0.694. The largest absolute Gasteiger partial charge is 0.481 e. The topological polar surface area (TPSA) is 43.8 Å². The van der Waals surface area contributed by atoms with E-state index >= 15 is 0 Å². The summed E-state index contributed by atoms with van der Waals surface area (Å²) in [5.41, 5.74) is 0. The minimum Gasteiger partial charge on any atom is -0.481 e. The van der Waals surface area contributed by atoms with E-state index in [1.807, 2.05) is 27.7 Å². The third-order valence-electron chi connectivity index (χ3n) is 2.65. The first kappa shape index (κ1) is 19.7. The minimum absolute atomic E-state index is 0.272. The lowest BCUT2D eigenvalue weighted by atomic mass is 10.3. The van der Waals surface area contributed by atoms with E-state index in [1.54, 1.807) is 0 Å². The van der Waals surface area contributed by atoms with E-state index in [0.717, 1.165) is 26.2 Å². The van der Waals surface area contributed by atoms with Crippen molar-refractivity contribution in [3.63, 3.8) is 0 Å².